The molecule has 0 aliphatic carbocycles. The first-order valence-corrected chi connectivity index (χ1v) is 8.63. The highest BCUT2D eigenvalue weighted by atomic mass is 35.5. The van der Waals surface area contributed by atoms with Crippen LogP contribution in [-0.4, -0.2) is 31.3 Å². The molecule has 0 fully saturated rings. The second kappa shape index (κ2) is 8.53. The third-order valence-corrected chi connectivity index (χ3v) is 4.19. The van der Waals surface area contributed by atoms with Gasteiger partial charge in [0.1, 0.15) is 29.3 Å². The van der Waals surface area contributed by atoms with E-state index in [1.807, 2.05) is 0 Å². The molecule has 8 nitrogen and oxygen atoms in total. The van der Waals surface area contributed by atoms with Gasteiger partial charge in [0.15, 0.2) is 11.6 Å². The highest BCUT2D eigenvalue weighted by molar-refractivity contribution is 6.31. The maximum Gasteiger partial charge on any atom is 0.159 e. The van der Waals surface area contributed by atoms with Gasteiger partial charge in [0.05, 0.1) is 32.7 Å². The minimum atomic E-state index is 0.314. The van der Waals surface area contributed by atoms with Crippen molar-refractivity contribution in [3.05, 3.63) is 47.7 Å². The Labute approximate surface area is 167 Å². The summed E-state index contributed by atoms with van der Waals surface area (Å²) in [6.45, 7) is 0. The standard InChI is InChI=1S/C19H20ClN5O3/c1-26-12-5-7-16(28-3)14(9-12)25-19-17(21)18(22-10-23-19)24-13-8-11(20)4-6-15(13)27-2/h4-10H,21H2,1-3H3,(H2,22,23,24,25). The second-order valence-corrected chi connectivity index (χ2v) is 6.08. The summed E-state index contributed by atoms with van der Waals surface area (Å²) in [5, 5.41) is 6.83. The molecule has 0 saturated heterocycles. The quantitative estimate of drug-likeness (QED) is 0.540. The van der Waals surface area contributed by atoms with Crippen molar-refractivity contribution in [2.24, 2.45) is 0 Å². The van der Waals surface area contributed by atoms with Crippen molar-refractivity contribution in [1.82, 2.24) is 9.97 Å². The van der Waals surface area contributed by atoms with E-state index in [1.165, 1.54) is 6.33 Å². The zero-order chi connectivity index (χ0) is 20.1. The first-order valence-electron chi connectivity index (χ1n) is 8.25. The predicted molar refractivity (Wildman–Crippen MR) is 111 cm³/mol. The molecule has 28 heavy (non-hydrogen) atoms. The molecule has 146 valence electrons. The van der Waals surface area contributed by atoms with E-state index in [1.54, 1.807) is 57.7 Å². The molecular weight excluding hydrogens is 382 g/mol. The van der Waals surface area contributed by atoms with Crippen LogP contribution in [-0.2, 0) is 0 Å². The van der Waals surface area contributed by atoms with Crippen molar-refractivity contribution in [2.75, 3.05) is 37.7 Å². The number of ether oxygens (including phenoxy) is 3. The summed E-state index contributed by atoms with van der Waals surface area (Å²) in [7, 11) is 4.74. The molecule has 0 unspecified atom stereocenters. The van der Waals surface area contributed by atoms with Gasteiger partial charge in [-0.3, -0.25) is 0 Å². The number of anilines is 5. The molecule has 3 rings (SSSR count). The summed E-state index contributed by atoms with van der Waals surface area (Å²) < 4.78 is 16.0. The number of nitrogens with one attached hydrogen (secondary N) is 2. The number of rotatable bonds is 7. The number of aromatic nitrogens is 2. The Morgan fingerprint density at radius 1 is 0.821 bits per heavy atom. The highest BCUT2D eigenvalue weighted by Gasteiger charge is 2.13. The normalized spacial score (nSPS) is 10.3. The van der Waals surface area contributed by atoms with E-state index in [2.05, 4.69) is 20.6 Å². The lowest BCUT2D eigenvalue weighted by Crippen LogP contribution is -2.06. The number of nitrogen functional groups attached to an aromatic ring is 1. The largest absolute Gasteiger partial charge is 0.497 e. The number of benzene rings is 2. The van der Waals surface area contributed by atoms with Crippen LogP contribution in [0.2, 0.25) is 5.02 Å². The second-order valence-electron chi connectivity index (χ2n) is 5.65. The molecule has 9 heteroatoms. The van der Waals surface area contributed by atoms with Crippen molar-refractivity contribution in [2.45, 2.75) is 0 Å². The molecule has 0 amide bonds. The van der Waals surface area contributed by atoms with Crippen molar-refractivity contribution in [1.29, 1.82) is 0 Å². The molecule has 1 heterocycles. The summed E-state index contributed by atoms with van der Waals surface area (Å²) in [5.74, 6) is 2.69. The van der Waals surface area contributed by atoms with E-state index < -0.39 is 0 Å². The third-order valence-electron chi connectivity index (χ3n) is 3.96. The van der Waals surface area contributed by atoms with Crippen LogP contribution in [0.25, 0.3) is 0 Å². The molecule has 0 spiro atoms. The molecular formula is C19H20ClN5O3. The SMILES string of the molecule is COc1ccc(OC)c(Nc2ncnc(Nc3cc(Cl)ccc3OC)c2N)c1. The Morgan fingerprint density at radius 2 is 1.39 bits per heavy atom. The Balaban J connectivity index is 1.93. The minimum absolute atomic E-state index is 0.314. The number of halogens is 1. The van der Waals surface area contributed by atoms with Gasteiger partial charge in [-0.15, -0.1) is 0 Å². The first-order chi connectivity index (χ1) is 13.5. The Morgan fingerprint density at radius 3 is 1.96 bits per heavy atom. The smallest absolute Gasteiger partial charge is 0.159 e. The lowest BCUT2D eigenvalue weighted by Gasteiger charge is -2.16. The van der Waals surface area contributed by atoms with Crippen LogP contribution >= 0.6 is 11.6 Å². The van der Waals surface area contributed by atoms with Crippen LogP contribution in [0, 0.1) is 0 Å². The highest BCUT2D eigenvalue weighted by Crippen LogP contribution is 2.36. The number of hydrogen-bond acceptors (Lipinski definition) is 8. The molecule has 0 aliphatic rings. The van der Waals surface area contributed by atoms with E-state index in [0.29, 0.717) is 51.0 Å². The van der Waals surface area contributed by atoms with Gasteiger partial charge >= 0.3 is 0 Å². The molecule has 0 atom stereocenters. The zero-order valence-electron chi connectivity index (χ0n) is 15.6. The van der Waals surface area contributed by atoms with Gasteiger partial charge < -0.3 is 30.6 Å². The van der Waals surface area contributed by atoms with Crippen molar-refractivity contribution in [3.63, 3.8) is 0 Å². The number of hydrogen-bond donors (Lipinski definition) is 3. The van der Waals surface area contributed by atoms with E-state index in [4.69, 9.17) is 31.5 Å². The van der Waals surface area contributed by atoms with Gasteiger partial charge in [0.2, 0.25) is 0 Å². The van der Waals surface area contributed by atoms with Crippen molar-refractivity contribution >= 4 is 40.3 Å². The molecule has 0 saturated carbocycles. The van der Waals surface area contributed by atoms with Gasteiger partial charge in [0.25, 0.3) is 0 Å². The van der Waals surface area contributed by atoms with Crippen molar-refractivity contribution < 1.29 is 14.2 Å². The van der Waals surface area contributed by atoms with Crippen LogP contribution in [0.15, 0.2) is 42.7 Å². The van der Waals surface area contributed by atoms with Crippen LogP contribution in [0.1, 0.15) is 0 Å². The van der Waals surface area contributed by atoms with E-state index in [0.717, 1.165) is 0 Å². The molecule has 0 aliphatic heterocycles. The lowest BCUT2D eigenvalue weighted by molar-refractivity contribution is 0.405. The Bertz CT molecular complexity index is 984. The van der Waals surface area contributed by atoms with Crippen LogP contribution in [0.5, 0.6) is 17.2 Å². The average Bonchev–Trinajstić information content (AvgIpc) is 2.71. The third kappa shape index (κ3) is 4.12. The van der Waals surface area contributed by atoms with E-state index in [9.17, 15) is 0 Å². The lowest BCUT2D eigenvalue weighted by atomic mass is 10.2. The molecule has 0 bridgehead atoms. The van der Waals surface area contributed by atoms with Gasteiger partial charge in [-0.2, -0.15) is 0 Å². The monoisotopic (exact) mass is 401 g/mol. The molecule has 2 aromatic carbocycles. The van der Waals surface area contributed by atoms with E-state index in [-0.39, 0.29) is 0 Å². The van der Waals surface area contributed by atoms with Crippen LogP contribution in [0.3, 0.4) is 0 Å². The molecule has 1 aromatic heterocycles. The van der Waals surface area contributed by atoms with Crippen LogP contribution in [0.4, 0.5) is 28.7 Å². The van der Waals surface area contributed by atoms with E-state index >= 15 is 0 Å². The van der Waals surface area contributed by atoms with Gasteiger partial charge in [0, 0.05) is 11.1 Å². The van der Waals surface area contributed by atoms with Gasteiger partial charge in [-0.1, -0.05) is 11.6 Å². The molecule has 0 radical (unpaired) electrons. The van der Waals surface area contributed by atoms with Crippen LogP contribution < -0.4 is 30.6 Å². The summed E-state index contributed by atoms with van der Waals surface area (Å²) in [4.78, 5) is 8.44. The molecule has 4 N–H and O–H groups in total. The maximum absolute atomic E-state index is 6.27. The fourth-order valence-corrected chi connectivity index (χ4v) is 2.71. The Hall–Kier alpha value is -3.39. The van der Waals surface area contributed by atoms with Gasteiger partial charge in [-0.05, 0) is 30.3 Å². The average molecular weight is 402 g/mol. The summed E-state index contributed by atoms with van der Waals surface area (Å²) in [6.07, 6.45) is 1.39. The summed E-state index contributed by atoms with van der Waals surface area (Å²) >= 11 is 6.08. The first kappa shape index (κ1) is 19.4. The Kier molecular flexibility index (Phi) is 5.90. The summed E-state index contributed by atoms with van der Waals surface area (Å²) in [6, 6.07) is 10.6. The number of nitrogens with two attached hydrogens (primary N) is 1. The molecule has 3 aromatic rings. The number of nitrogens with zero attached hydrogens (tertiary/aromatic N) is 2. The van der Waals surface area contributed by atoms with Crippen molar-refractivity contribution in [3.8, 4) is 17.2 Å². The maximum atomic E-state index is 6.27. The summed E-state index contributed by atoms with van der Waals surface area (Å²) in [5.41, 5.74) is 7.87. The minimum Gasteiger partial charge on any atom is -0.497 e. The number of methoxy groups -OCH3 is 3. The van der Waals surface area contributed by atoms with Gasteiger partial charge in [-0.25, -0.2) is 9.97 Å². The predicted octanol–water partition coefficient (Wildman–Crippen LogP) is 4.23. The topological polar surface area (TPSA) is 104 Å². The fraction of sp³-hybridized carbons (Fsp3) is 0.158. The fourth-order valence-electron chi connectivity index (χ4n) is 2.54. The zero-order valence-corrected chi connectivity index (χ0v) is 16.4.